The van der Waals surface area contributed by atoms with Gasteiger partial charge in [0.2, 0.25) is 10.0 Å². The molecule has 0 aliphatic carbocycles. The molecule has 0 radical (unpaired) electrons. The first kappa shape index (κ1) is 15.9. The summed E-state index contributed by atoms with van der Waals surface area (Å²) in [4.78, 5) is 0.349. The molecule has 0 aliphatic heterocycles. The van der Waals surface area contributed by atoms with E-state index in [9.17, 15) is 8.42 Å². The lowest BCUT2D eigenvalue weighted by Gasteiger charge is -2.20. The summed E-state index contributed by atoms with van der Waals surface area (Å²) in [5.74, 6) is 0. The van der Waals surface area contributed by atoms with E-state index in [1.54, 1.807) is 40.1 Å². The number of nitrogen functional groups attached to an aromatic ring is 1. The van der Waals surface area contributed by atoms with Gasteiger partial charge in [-0.25, -0.2) is 12.7 Å². The number of hydrogen-bond donors (Lipinski definition) is 1. The Balaban J connectivity index is 3.07. The van der Waals surface area contributed by atoms with Gasteiger partial charge in [0.25, 0.3) is 0 Å². The van der Waals surface area contributed by atoms with E-state index < -0.39 is 10.0 Å². The summed E-state index contributed by atoms with van der Waals surface area (Å²) in [5, 5.41) is 0. The Kier molecular flexibility index (Phi) is 5.34. The average molecular weight is 286 g/mol. The quantitative estimate of drug-likeness (QED) is 0.636. The molecule has 0 bridgehead atoms. The van der Waals surface area contributed by atoms with E-state index in [1.807, 2.05) is 0 Å². The predicted octanol–water partition coefficient (Wildman–Crippen LogP) is 1.54. The van der Waals surface area contributed by atoms with Crippen molar-refractivity contribution in [3.05, 3.63) is 23.3 Å². The van der Waals surface area contributed by atoms with Gasteiger partial charge >= 0.3 is 0 Å². The van der Waals surface area contributed by atoms with Gasteiger partial charge in [0.15, 0.2) is 0 Å². The normalized spacial score (nSPS) is 12.1. The molecule has 1 aromatic rings. The number of nitrogens with zero attached hydrogens (tertiary/aromatic N) is 1. The molecule has 2 N–H and O–H groups in total. The summed E-state index contributed by atoms with van der Waals surface area (Å²) in [6.45, 7) is 4.50. The summed E-state index contributed by atoms with van der Waals surface area (Å²) >= 11 is 0. The summed E-state index contributed by atoms with van der Waals surface area (Å²) in [6, 6.07) is 3.37. The molecule has 0 fully saturated rings. The zero-order valence-electron chi connectivity index (χ0n) is 11.9. The Labute approximate surface area is 115 Å². The van der Waals surface area contributed by atoms with Crippen LogP contribution in [0.3, 0.4) is 0 Å². The summed E-state index contributed by atoms with van der Waals surface area (Å²) in [7, 11) is -0.292. The van der Waals surface area contributed by atoms with Crippen LogP contribution in [0.1, 0.15) is 17.5 Å². The molecule has 0 aromatic heterocycles. The van der Waals surface area contributed by atoms with Crippen molar-refractivity contribution in [1.29, 1.82) is 0 Å². The van der Waals surface area contributed by atoms with Crippen molar-refractivity contribution in [3.63, 3.8) is 0 Å². The number of nitrogens with two attached hydrogens (primary N) is 1. The highest BCUT2D eigenvalue weighted by Gasteiger charge is 2.24. The van der Waals surface area contributed by atoms with Gasteiger partial charge in [-0.3, -0.25) is 0 Å². The standard InChI is InChI=1S/C13H22N2O3S/c1-10-8-12(14)9-11(2)13(10)19(16,17)15(3)6-5-7-18-4/h8-9H,5-7,14H2,1-4H3. The lowest BCUT2D eigenvalue weighted by molar-refractivity contribution is 0.189. The lowest BCUT2D eigenvalue weighted by Crippen LogP contribution is -2.29. The second-order valence-corrected chi connectivity index (χ2v) is 6.64. The Hall–Kier alpha value is -1.11. The Morgan fingerprint density at radius 1 is 1.26 bits per heavy atom. The van der Waals surface area contributed by atoms with Crippen LogP contribution in [0.5, 0.6) is 0 Å². The first-order valence-electron chi connectivity index (χ1n) is 6.12. The van der Waals surface area contributed by atoms with E-state index in [4.69, 9.17) is 10.5 Å². The van der Waals surface area contributed by atoms with Crippen LogP contribution in [-0.4, -0.2) is 40.0 Å². The highest BCUT2D eigenvalue weighted by Crippen LogP contribution is 2.25. The molecule has 0 heterocycles. The molecular formula is C13H22N2O3S. The molecule has 0 saturated carbocycles. The van der Waals surface area contributed by atoms with E-state index in [1.165, 1.54) is 4.31 Å². The number of rotatable bonds is 6. The van der Waals surface area contributed by atoms with Crippen molar-refractivity contribution in [3.8, 4) is 0 Å². The zero-order valence-corrected chi connectivity index (χ0v) is 12.8. The molecule has 0 saturated heterocycles. The van der Waals surface area contributed by atoms with Crippen LogP contribution >= 0.6 is 0 Å². The van der Waals surface area contributed by atoms with E-state index in [-0.39, 0.29) is 0 Å². The predicted molar refractivity (Wildman–Crippen MR) is 76.6 cm³/mol. The minimum absolute atomic E-state index is 0.349. The number of sulfonamides is 1. The van der Waals surface area contributed by atoms with Crippen molar-refractivity contribution in [2.75, 3.05) is 33.0 Å². The van der Waals surface area contributed by atoms with Crippen molar-refractivity contribution >= 4 is 15.7 Å². The third kappa shape index (κ3) is 3.68. The number of hydrogen-bond acceptors (Lipinski definition) is 4. The monoisotopic (exact) mass is 286 g/mol. The Bertz CT molecular complexity index is 518. The van der Waals surface area contributed by atoms with Gasteiger partial charge in [0, 0.05) is 33.0 Å². The topological polar surface area (TPSA) is 72.6 Å². The molecule has 5 nitrogen and oxygen atoms in total. The van der Waals surface area contributed by atoms with Gasteiger partial charge in [-0.1, -0.05) is 0 Å². The molecule has 0 amide bonds. The molecule has 1 aromatic carbocycles. The smallest absolute Gasteiger partial charge is 0.243 e. The highest BCUT2D eigenvalue weighted by molar-refractivity contribution is 7.89. The van der Waals surface area contributed by atoms with E-state index >= 15 is 0 Å². The fourth-order valence-corrected chi connectivity index (χ4v) is 3.71. The molecule has 0 atom stereocenters. The minimum atomic E-state index is -3.48. The molecule has 0 spiro atoms. The molecular weight excluding hydrogens is 264 g/mol. The fraction of sp³-hybridized carbons (Fsp3) is 0.538. The van der Waals surface area contributed by atoms with Crippen molar-refractivity contribution in [2.45, 2.75) is 25.2 Å². The van der Waals surface area contributed by atoms with Crippen LogP contribution in [0, 0.1) is 13.8 Å². The van der Waals surface area contributed by atoms with Crippen LogP contribution in [0.25, 0.3) is 0 Å². The van der Waals surface area contributed by atoms with Gasteiger partial charge in [-0.15, -0.1) is 0 Å². The highest BCUT2D eigenvalue weighted by atomic mass is 32.2. The second kappa shape index (κ2) is 6.36. The van der Waals surface area contributed by atoms with Crippen molar-refractivity contribution < 1.29 is 13.2 Å². The average Bonchev–Trinajstić information content (AvgIpc) is 2.27. The maximum atomic E-state index is 12.5. The number of ether oxygens (including phenoxy) is 1. The number of methoxy groups -OCH3 is 1. The van der Waals surface area contributed by atoms with E-state index in [0.29, 0.717) is 41.3 Å². The third-order valence-corrected chi connectivity index (χ3v) is 5.14. The molecule has 0 aliphatic rings. The molecule has 108 valence electrons. The van der Waals surface area contributed by atoms with Gasteiger partial charge in [-0.05, 0) is 43.5 Å². The maximum Gasteiger partial charge on any atom is 0.243 e. The number of anilines is 1. The van der Waals surface area contributed by atoms with Gasteiger partial charge in [0.1, 0.15) is 0 Å². The molecule has 19 heavy (non-hydrogen) atoms. The molecule has 1 rings (SSSR count). The number of aryl methyl sites for hydroxylation is 2. The molecule has 0 unspecified atom stereocenters. The first-order valence-corrected chi connectivity index (χ1v) is 7.56. The van der Waals surface area contributed by atoms with Gasteiger partial charge in [0.05, 0.1) is 4.90 Å². The van der Waals surface area contributed by atoms with E-state index in [2.05, 4.69) is 0 Å². The van der Waals surface area contributed by atoms with Gasteiger partial charge < -0.3 is 10.5 Å². The van der Waals surface area contributed by atoms with Crippen LogP contribution in [0.2, 0.25) is 0 Å². The lowest BCUT2D eigenvalue weighted by atomic mass is 10.1. The Morgan fingerprint density at radius 3 is 2.26 bits per heavy atom. The SMILES string of the molecule is COCCCN(C)S(=O)(=O)c1c(C)cc(N)cc1C. The fourth-order valence-electron chi connectivity index (χ4n) is 2.10. The van der Waals surface area contributed by atoms with E-state index in [0.717, 1.165) is 0 Å². The zero-order chi connectivity index (χ0) is 14.6. The largest absolute Gasteiger partial charge is 0.399 e. The van der Waals surface area contributed by atoms with Gasteiger partial charge in [-0.2, -0.15) is 0 Å². The summed E-state index contributed by atoms with van der Waals surface area (Å²) < 4.78 is 31.3. The second-order valence-electron chi connectivity index (χ2n) is 4.66. The van der Waals surface area contributed by atoms with Crippen LogP contribution in [0.4, 0.5) is 5.69 Å². The molecule has 6 heteroatoms. The summed E-state index contributed by atoms with van der Waals surface area (Å²) in [6.07, 6.45) is 0.666. The third-order valence-electron chi connectivity index (χ3n) is 2.97. The van der Waals surface area contributed by atoms with Crippen LogP contribution in [0.15, 0.2) is 17.0 Å². The number of benzene rings is 1. The van der Waals surface area contributed by atoms with Crippen LogP contribution in [-0.2, 0) is 14.8 Å². The maximum absolute atomic E-state index is 12.5. The Morgan fingerprint density at radius 2 is 1.79 bits per heavy atom. The van der Waals surface area contributed by atoms with Crippen LogP contribution < -0.4 is 5.73 Å². The summed E-state index contributed by atoms with van der Waals surface area (Å²) in [5.41, 5.74) is 7.65. The first-order chi connectivity index (χ1) is 8.80. The minimum Gasteiger partial charge on any atom is -0.399 e. The van der Waals surface area contributed by atoms with Crippen molar-refractivity contribution in [2.24, 2.45) is 0 Å². The van der Waals surface area contributed by atoms with Crippen molar-refractivity contribution in [1.82, 2.24) is 4.31 Å².